The maximum absolute atomic E-state index is 13.9. The predicted octanol–water partition coefficient (Wildman–Crippen LogP) is 6.10. The Kier molecular flexibility index (Phi) is 6.29. The van der Waals surface area contributed by atoms with E-state index in [0.29, 0.717) is 22.6 Å². The van der Waals surface area contributed by atoms with Crippen molar-refractivity contribution in [1.29, 1.82) is 0 Å². The van der Waals surface area contributed by atoms with Gasteiger partial charge in [0.15, 0.2) is 0 Å². The number of carbonyl (C=O) groups is 2. The van der Waals surface area contributed by atoms with Gasteiger partial charge in [-0.25, -0.2) is 4.90 Å². The van der Waals surface area contributed by atoms with Gasteiger partial charge in [-0.05, 0) is 87.6 Å². The summed E-state index contributed by atoms with van der Waals surface area (Å²) in [5.74, 6) is -0.286. The molecule has 0 aromatic heterocycles. The van der Waals surface area contributed by atoms with E-state index in [-0.39, 0.29) is 17.7 Å². The van der Waals surface area contributed by atoms with Gasteiger partial charge in [0.05, 0.1) is 17.4 Å². The molecule has 5 heteroatoms. The first-order valence-electron chi connectivity index (χ1n) is 11.5. The minimum absolute atomic E-state index is 0.103. The van der Waals surface area contributed by atoms with Crippen molar-refractivity contribution in [2.45, 2.75) is 47.6 Å². The second-order valence-electron chi connectivity index (χ2n) is 9.00. The summed E-state index contributed by atoms with van der Waals surface area (Å²) in [4.78, 5) is 28.9. The summed E-state index contributed by atoms with van der Waals surface area (Å²) < 4.78 is 5.93. The number of imide groups is 1. The van der Waals surface area contributed by atoms with Crippen molar-refractivity contribution in [2.24, 2.45) is 0 Å². The molecule has 34 heavy (non-hydrogen) atoms. The van der Waals surface area contributed by atoms with E-state index in [9.17, 15) is 9.59 Å². The van der Waals surface area contributed by atoms with Crippen molar-refractivity contribution in [3.8, 4) is 5.75 Å². The summed E-state index contributed by atoms with van der Waals surface area (Å²) in [6.45, 7) is 11.9. The van der Waals surface area contributed by atoms with Crippen LogP contribution in [-0.4, -0.2) is 17.9 Å². The number of carbonyl (C=O) groups excluding carboxylic acids is 2. The molecule has 0 unspecified atom stereocenters. The van der Waals surface area contributed by atoms with E-state index < -0.39 is 5.91 Å². The largest absolute Gasteiger partial charge is 0.489 e. The van der Waals surface area contributed by atoms with Gasteiger partial charge in [0.25, 0.3) is 11.8 Å². The lowest BCUT2D eigenvalue weighted by atomic mass is 9.99. The second-order valence-corrected chi connectivity index (χ2v) is 9.00. The molecule has 0 aliphatic carbocycles. The summed E-state index contributed by atoms with van der Waals surface area (Å²) in [6.07, 6.45) is -0.103. The maximum Gasteiger partial charge on any atom is 0.282 e. The van der Waals surface area contributed by atoms with Gasteiger partial charge in [0.2, 0.25) is 0 Å². The van der Waals surface area contributed by atoms with Crippen molar-refractivity contribution in [1.82, 2.24) is 0 Å². The van der Waals surface area contributed by atoms with Gasteiger partial charge in [0, 0.05) is 5.69 Å². The van der Waals surface area contributed by atoms with Crippen LogP contribution in [0.1, 0.15) is 41.7 Å². The molecule has 1 aliphatic rings. The molecule has 1 aliphatic heterocycles. The van der Waals surface area contributed by atoms with Crippen molar-refractivity contribution in [2.75, 3.05) is 10.2 Å². The van der Waals surface area contributed by atoms with E-state index in [2.05, 4.69) is 5.32 Å². The summed E-state index contributed by atoms with van der Waals surface area (Å²) in [7, 11) is 0. The molecule has 0 saturated carbocycles. The standard InChI is InChI=1S/C29H30N2O3/c1-17(2)34-25-13-8-7-12-24(25)31-28(32)26(22-15-14-18(3)20(5)16-22)27(29(31)33)30-23-11-9-10-19(4)21(23)6/h7-17,30H,1-6H3. The molecule has 5 nitrogen and oxygen atoms in total. The van der Waals surface area contributed by atoms with Crippen LogP contribution in [0.15, 0.2) is 66.4 Å². The normalized spacial score (nSPS) is 13.8. The maximum atomic E-state index is 13.9. The second kappa shape index (κ2) is 9.18. The zero-order valence-corrected chi connectivity index (χ0v) is 20.5. The number of nitrogens with one attached hydrogen (secondary N) is 1. The van der Waals surface area contributed by atoms with Crippen molar-refractivity contribution >= 4 is 28.8 Å². The summed E-state index contributed by atoms with van der Waals surface area (Å²) >= 11 is 0. The highest BCUT2D eigenvalue weighted by atomic mass is 16.5. The summed E-state index contributed by atoms with van der Waals surface area (Å²) in [5.41, 5.74) is 6.86. The topological polar surface area (TPSA) is 58.6 Å². The Bertz CT molecular complexity index is 1320. The van der Waals surface area contributed by atoms with Gasteiger partial charge in [0.1, 0.15) is 11.4 Å². The molecule has 174 valence electrons. The highest BCUT2D eigenvalue weighted by Gasteiger charge is 2.41. The number of para-hydroxylation sites is 2. The van der Waals surface area contributed by atoms with Crippen molar-refractivity contribution < 1.29 is 14.3 Å². The van der Waals surface area contributed by atoms with Crippen molar-refractivity contribution in [3.05, 3.63) is 94.2 Å². The van der Waals surface area contributed by atoms with E-state index in [1.54, 1.807) is 18.2 Å². The quantitative estimate of drug-likeness (QED) is 0.457. The molecule has 0 bridgehead atoms. The van der Waals surface area contributed by atoms with Crippen LogP contribution >= 0.6 is 0 Å². The Balaban J connectivity index is 1.87. The van der Waals surface area contributed by atoms with Gasteiger partial charge in [-0.1, -0.05) is 42.5 Å². The molecule has 4 rings (SSSR count). The minimum Gasteiger partial charge on any atom is -0.489 e. The zero-order valence-electron chi connectivity index (χ0n) is 20.5. The Morgan fingerprint density at radius 2 is 1.53 bits per heavy atom. The number of anilines is 2. The van der Waals surface area contributed by atoms with Gasteiger partial charge in [-0.2, -0.15) is 0 Å². The lowest BCUT2D eigenvalue weighted by Crippen LogP contribution is -2.33. The number of ether oxygens (including phenoxy) is 1. The molecule has 1 heterocycles. The molecule has 3 aromatic rings. The minimum atomic E-state index is -0.404. The lowest BCUT2D eigenvalue weighted by Gasteiger charge is -2.21. The van der Waals surface area contributed by atoms with Crippen LogP contribution in [0, 0.1) is 27.7 Å². The average Bonchev–Trinajstić information content (AvgIpc) is 3.03. The predicted molar refractivity (Wildman–Crippen MR) is 137 cm³/mol. The molecule has 0 spiro atoms. The number of aryl methyl sites for hydroxylation is 3. The van der Waals surface area contributed by atoms with Crippen LogP contribution in [0.2, 0.25) is 0 Å². The van der Waals surface area contributed by atoms with Gasteiger partial charge in [-0.3, -0.25) is 9.59 Å². The molecule has 0 fully saturated rings. The first kappa shape index (κ1) is 23.3. The lowest BCUT2D eigenvalue weighted by molar-refractivity contribution is -0.120. The molecule has 2 amide bonds. The number of rotatable bonds is 6. The first-order chi connectivity index (χ1) is 16.2. The van der Waals surface area contributed by atoms with Crippen LogP contribution in [0.5, 0.6) is 5.75 Å². The monoisotopic (exact) mass is 454 g/mol. The third kappa shape index (κ3) is 4.21. The zero-order chi connectivity index (χ0) is 24.6. The Morgan fingerprint density at radius 1 is 0.794 bits per heavy atom. The molecule has 0 atom stereocenters. The number of amides is 2. The van der Waals surface area contributed by atoms with Gasteiger partial charge < -0.3 is 10.1 Å². The average molecular weight is 455 g/mol. The SMILES string of the molecule is Cc1ccc(C2=C(Nc3cccc(C)c3C)C(=O)N(c3ccccc3OC(C)C)C2=O)cc1C. The van der Waals surface area contributed by atoms with E-state index in [1.807, 2.05) is 84.0 Å². The summed E-state index contributed by atoms with van der Waals surface area (Å²) in [5, 5.41) is 3.30. The molecular formula is C29H30N2O3. The molecule has 0 radical (unpaired) electrons. The Hall–Kier alpha value is -3.86. The van der Waals surface area contributed by atoms with E-state index in [1.165, 1.54) is 4.90 Å². The summed E-state index contributed by atoms with van der Waals surface area (Å²) in [6, 6.07) is 18.9. The number of nitrogens with zero attached hydrogens (tertiary/aromatic N) is 1. The third-order valence-corrected chi connectivity index (χ3v) is 6.21. The Morgan fingerprint density at radius 3 is 2.24 bits per heavy atom. The smallest absolute Gasteiger partial charge is 0.282 e. The van der Waals surface area contributed by atoms with E-state index in [4.69, 9.17) is 4.74 Å². The fourth-order valence-corrected chi connectivity index (χ4v) is 4.05. The van der Waals surface area contributed by atoms with Crippen LogP contribution in [0.3, 0.4) is 0 Å². The fourth-order valence-electron chi connectivity index (χ4n) is 4.05. The molecule has 1 N–H and O–H groups in total. The van der Waals surface area contributed by atoms with Gasteiger partial charge >= 0.3 is 0 Å². The van der Waals surface area contributed by atoms with Gasteiger partial charge in [-0.15, -0.1) is 0 Å². The van der Waals surface area contributed by atoms with Crippen LogP contribution < -0.4 is 15.0 Å². The number of benzene rings is 3. The molecule has 3 aromatic carbocycles. The third-order valence-electron chi connectivity index (χ3n) is 6.21. The molecule has 0 saturated heterocycles. The number of hydrogen-bond acceptors (Lipinski definition) is 4. The van der Waals surface area contributed by atoms with E-state index in [0.717, 1.165) is 27.9 Å². The first-order valence-corrected chi connectivity index (χ1v) is 11.5. The highest BCUT2D eigenvalue weighted by molar-refractivity contribution is 6.46. The molecular weight excluding hydrogens is 424 g/mol. The van der Waals surface area contributed by atoms with Crippen LogP contribution in [0.4, 0.5) is 11.4 Å². The highest BCUT2D eigenvalue weighted by Crippen LogP contribution is 2.39. The van der Waals surface area contributed by atoms with E-state index >= 15 is 0 Å². The number of hydrogen-bond donors (Lipinski definition) is 1. The van der Waals surface area contributed by atoms with Crippen molar-refractivity contribution in [3.63, 3.8) is 0 Å². The van der Waals surface area contributed by atoms with Crippen LogP contribution in [-0.2, 0) is 9.59 Å². The van der Waals surface area contributed by atoms with Crippen LogP contribution in [0.25, 0.3) is 5.57 Å². The Labute approximate surface area is 201 Å². The fraction of sp³-hybridized carbons (Fsp3) is 0.241.